The van der Waals surface area contributed by atoms with E-state index in [4.69, 9.17) is 0 Å². The van der Waals surface area contributed by atoms with Crippen LogP contribution >= 0.6 is 0 Å². The standard InChI is InChI=1S/C19H20F3N3O/c20-14-4-6-15(7-5-14)24-10-12-25(13-11-24)18(26)8-9-23-19-16(21)2-1-3-17(19)22/h1-7,23H,8-13H2. The molecule has 0 atom stereocenters. The molecule has 4 nitrogen and oxygen atoms in total. The number of benzene rings is 2. The summed E-state index contributed by atoms with van der Waals surface area (Å²) < 4.78 is 40.1. The van der Waals surface area contributed by atoms with Crippen LogP contribution in [0.25, 0.3) is 0 Å². The molecular formula is C19H20F3N3O. The fourth-order valence-electron chi connectivity index (χ4n) is 2.99. The molecule has 2 aromatic carbocycles. The van der Waals surface area contributed by atoms with Crippen LogP contribution in [-0.4, -0.2) is 43.5 Å². The highest BCUT2D eigenvalue weighted by molar-refractivity contribution is 5.77. The maximum Gasteiger partial charge on any atom is 0.224 e. The number of carbonyl (C=O) groups excluding carboxylic acids is 1. The van der Waals surface area contributed by atoms with E-state index in [2.05, 4.69) is 10.2 Å². The molecule has 1 fully saturated rings. The number of para-hydroxylation sites is 1. The van der Waals surface area contributed by atoms with E-state index in [1.54, 1.807) is 17.0 Å². The van der Waals surface area contributed by atoms with Gasteiger partial charge in [0.15, 0.2) is 0 Å². The molecule has 0 unspecified atom stereocenters. The average Bonchev–Trinajstić information content (AvgIpc) is 2.65. The average molecular weight is 363 g/mol. The van der Waals surface area contributed by atoms with Gasteiger partial charge in [0.25, 0.3) is 0 Å². The Morgan fingerprint density at radius 2 is 1.54 bits per heavy atom. The van der Waals surface area contributed by atoms with Gasteiger partial charge in [-0.1, -0.05) is 6.07 Å². The van der Waals surface area contributed by atoms with Crippen LogP contribution in [0.4, 0.5) is 24.5 Å². The van der Waals surface area contributed by atoms with Crippen molar-refractivity contribution in [2.75, 3.05) is 42.9 Å². The molecule has 138 valence electrons. The molecule has 0 aliphatic carbocycles. The summed E-state index contributed by atoms with van der Waals surface area (Å²) in [6.07, 6.45) is 0.157. The first kappa shape index (κ1) is 18.1. The highest BCUT2D eigenvalue weighted by atomic mass is 19.1. The maximum atomic E-state index is 13.5. The Morgan fingerprint density at radius 1 is 0.923 bits per heavy atom. The van der Waals surface area contributed by atoms with Crippen LogP contribution in [0.15, 0.2) is 42.5 Å². The van der Waals surface area contributed by atoms with Crippen LogP contribution in [-0.2, 0) is 4.79 Å². The van der Waals surface area contributed by atoms with Gasteiger partial charge in [0, 0.05) is 44.8 Å². The van der Waals surface area contributed by atoms with Gasteiger partial charge in [-0.3, -0.25) is 4.79 Å². The minimum absolute atomic E-state index is 0.0620. The number of carbonyl (C=O) groups is 1. The molecule has 2 aromatic rings. The highest BCUT2D eigenvalue weighted by Crippen LogP contribution is 2.19. The van der Waals surface area contributed by atoms with Gasteiger partial charge in [-0.25, -0.2) is 13.2 Å². The van der Waals surface area contributed by atoms with Crippen molar-refractivity contribution in [2.24, 2.45) is 0 Å². The van der Waals surface area contributed by atoms with Gasteiger partial charge in [0.2, 0.25) is 5.91 Å². The number of amides is 1. The third-order valence-electron chi connectivity index (χ3n) is 4.43. The molecule has 26 heavy (non-hydrogen) atoms. The monoisotopic (exact) mass is 363 g/mol. The Balaban J connectivity index is 1.46. The van der Waals surface area contributed by atoms with Crippen LogP contribution in [0.2, 0.25) is 0 Å². The van der Waals surface area contributed by atoms with Crippen molar-refractivity contribution in [3.63, 3.8) is 0 Å². The lowest BCUT2D eigenvalue weighted by Crippen LogP contribution is -2.49. The van der Waals surface area contributed by atoms with Crippen LogP contribution in [0, 0.1) is 17.5 Å². The smallest absolute Gasteiger partial charge is 0.224 e. The predicted molar refractivity (Wildman–Crippen MR) is 94.7 cm³/mol. The second-order valence-electron chi connectivity index (χ2n) is 6.12. The Hall–Kier alpha value is -2.70. The molecule has 7 heteroatoms. The molecule has 0 bridgehead atoms. The van der Waals surface area contributed by atoms with Crippen molar-refractivity contribution in [2.45, 2.75) is 6.42 Å². The van der Waals surface area contributed by atoms with E-state index >= 15 is 0 Å². The molecule has 1 aliphatic rings. The minimum atomic E-state index is -0.676. The van der Waals surface area contributed by atoms with E-state index in [0.717, 1.165) is 5.69 Å². The highest BCUT2D eigenvalue weighted by Gasteiger charge is 2.21. The van der Waals surface area contributed by atoms with E-state index in [9.17, 15) is 18.0 Å². The first-order chi connectivity index (χ1) is 12.5. The zero-order valence-corrected chi connectivity index (χ0v) is 14.2. The first-order valence-corrected chi connectivity index (χ1v) is 8.51. The van der Waals surface area contributed by atoms with E-state index in [1.165, 1.54) is 30.3 Å². The summed E-state index contributed by atoms with van der Waals surface area (Å²) >= 11 is 0. The lowest BCUT2D eigenvalue weighted by molar-refractivity contribution is -0.131. The van der Waals surface area contributed by atoms with Crippen molar-refractivity contribution >= 4 is 17.3 Å². The third kappa shape index (κ3) is 4.28. The number of hydrogen-bond donors (Lipinski definition) is 1. The summed E-state index contributed by atoms with van der Waals surface area (Å²) in [6, 6.07) is 9.91. The molecule has 1 amide bonds. The number of halogens is 3. The molecule has 1 aliphatic heterocycles. The summed E-state index contributed by atoms with van der Waals surface area (Å²) in [5.74, 6) is -1.69. The zero-order valence-electron chi connectivity index (χ0n) is 14.2. The van der Waals surface area contributed by atoms with Crippen LogP contribution in [0.3, 0.4) is 0 Å². The van der Waals surface area contributed by atoms with Gasteiger partial charge in [-0.15, -0.1) is 0 Å². The number of piperazine rings is 1. The van der Waals surface area contributed by atoms with Crippen molar-refractivity contribution in [3.8, 4) is 0 Å². The van der Waals surface area contributed by atoms with E-state index in [0.29, 0.717) is 26.2 Å². The normalized spacial score (nSPS) is 14.4. The Morgan fingerprint density at radius 3 is 2.15 bits per heavy atom. The van der Waals surface area contributed by atoms with Crippen LogP contribution in [0.5, 0.6) is 0 Å². The molecular weight excluding hydrogens is 343 g/mol. The summed E-state index contributed by atoms with van der Waals surface area (Å²) in [5.41, 5.74) is 0.719. The van der Waals surface area contributed by atoms with Gasteiger partial charge in [0.05, 0.1) is 0 Å². The van der Waals surface area contributed by atoms with Gasteiger partial charge in [0.1, 0.15) is 23.1 Å². The second kappa shape index (κ2) is 8.12. The van der Waals surface area contributed by atoms with Crippen molar-refractivity contribution in [1.82, 2.24) is 4.90 Å². The Kier molecular flexibility index (Phi) is 5.65. The van der Waals surface area contributed by atoms with Crippen molar-refractivity contribution < 1.29 is 18.0 Å². The largest absolute Gasteiger partial charge is 0.380 e. The molecule has 1 saturated heterocycles. The first-order valence-electron chi connectivity index (χ1n) is 8.51. The number of hydrogen-bond acceptors (Lipinski definition) is 3. The molecule has 3 rings (SSSR count). The summed E-state index contributed by atoms with van der Waals surface area (Å²) in [7, 11) is 0. The van der Waals surface area contributed by atoms with Crippen molar-refractivity contribution in [3.05, 3.63) is 59.9 Å². The van der Waals surface area contributed by atoms with Gasteiger partial charge in [-0.05, 0) is 36.4 Å². The van der Waals surface area contributed by atoms with E-state index < -0.39 is 11.6 Å². The Labute approximate surface area is 150 Å². The van der Waals surface area contributed by atoms with Crippen LogP contribution < -0.4 is 10.2 Å². The lowest BCUT2D eigenvalue weighted by Gasteiger charge is -2.36. The molecule has 1 N–H and O–H groups in total. The lowest BCUT2D eigenvalue weighted by atomic mass is 10.2. The predicted octanol–water partition coefficient (Wildman–Crippen LogP) is 3.25. The molecule has 0 spiro atoms. The third-order valence-corrected chi connectivity index (χ3v) is 4.43. The quantitative estimate of drug-likeness (QED) is 0.886. The molecule has 0 aromatic heterocycles. The Bertz CT molecular complexity index is 739. The zero-order chi connectivity index (χ0) is 18.5. The van der Waals surface area contributed by atoms with E-state index in [-0.39, 0.29) is 30.4 Å². The number of anilines is 2. The fraction of sp³-hybridized carbons (Fsp3) is 0.316. The summed E-state index contributed by atoms with van der Waals surface area (Å²) in [6.45, 7) is 2.60. The summed E-state index contributed by atoms with van der Waals surface area (Å²) in [5, 5.41) is 2.65. The number of rotatable bonds is 5. The molecule has 0 radical (unpaired) electrons. The number of nitrogens with one attached hydrogen (secondary N) is 1. The second-order valence-corrected chi connectivity index (χ2v) is 6.12. The van der Waals surface area contributed by atoms with Crippen molar-refractivity contribution in [1.29, 1.82) is 0 Å². The minimum Gasteiger partial charge on any atom is -0.380 e. The van der Waals surface area contributed by atoms with Gasteiger partial charge >= 0.3 is 0 Å². The van der Waals surface area contributed by atoms with E-state index in [1.807, 2.05) is 0 Å². The number of nitrogens with zero attached hydrogens (tertiary/aromatic N) is 2. The molecule has 1 heterocycles. The summed E-state index contributed by atoms with van der Waals surface area (Å²) in [4.78, 5) is 16.1. The molecule has 0 saturated carbocycles. The fourth-order valence-corrected chi connectivity index (χ4v) is 2.99. The van der Waals surface area contributed by atoms with Crippen LogP contribution in [0.1, 0.15) is 6.42 Å². The topological polar surface area (TPSA) is 35.6 Å². The van der Waals surface area contributed by atoms with Gasteiger partial charge in [-0.2, -0.15) is 0 Å². The SMILES string of the molecule is O=C(CCNc1c(F)cccc1F)N1CCN(c2ccc(F)cc2)CC1. The van der Waals surface area contributed by atoms with Gasteiger partial charge < -0.3 is 15.1 Å². The maximum absolute atomic E-state index is 13.5.